The molecule has 0 spiro atoms. The Morgan fingerprint density at radius 1 is 1.50 bits per heavy atom. The van der Waals surface area contributed by atoms with Gasteiger partial charge in [0, 0.05) is 10.5 Å². The van der Waals surface area contributed by atoms with Crippen molar-refractivity contribution >= 4 is 25.8 Å². The van der Waals surface area contributed by atoms with E-state index in [9.17, 15) is 8.42 Å². The Labute approximate surface area is 128 Å². The van der Waals surface area contributed by atoms with Crippen LogP contribution < -0.4 is 10.5 Å². The number of sulfone groups is 1. The number of nitrogens with two attached hydrogens (primary N) is 1. The van der Waals surface area contributed by atoms with Crippen LogP contribution in [0.15, 0.2) is 22.7 Å². The molecule has 1 aromatic carbocycles. The monoisotopic (exact) mass is 361 g/mol. The molecule has 1 fully saturated rings. The molecule has 1 aromatic rings. The van der Waals surface area contributed by atoms with E-state index < -0.39 is 9.84 Å². The zero-order chi connectivity index (χ0) is 14.8. The molecule has 20 heavy (non-hydrogen) atoms. The maximum Gasteiger partial charge on any atom is 0.154 e. The molecule has 1 aliphatic rings. The Hall–Kier alpha value is -0.590. The summed E-state index contributed by atoms with van der Waals surface area (Å²) in [4.78, 5) is 0. The third kappa shape index (κ3) is 4.20. The van der Waals surface area contributed by atoms with Crippen LogP contribution in [0.5, 0.6) is 5.75 Å². The first-order chi connectivity index (χ1) is 9.39. The van der Waals surface area contributed by atoms with Crippen LogP contribution in [0.4, 0.5) is 0 Å². The molecule has 2 N–H and O–H groups in total. The van der Waals surface area contributed by atoms with Gasteiger partial charge in [-0.2, -0.15) is 0 Å². The second-order valence-corrected chi connectivity index (χ2v) is 8.41. The second-order valence-electron chi connectivity index (χ2n) is 5.27. The number of ether oxygens (including phenoxy) is 1. The molecule has 0 aromatic heterocycles. The number of halogens is 1. The molecule has 2 atom stereocenters. The van der Waals surface area contributed by atoms with Gasteiger partial charge < -0.3 is 10.5 Å². The van der Waals surface area contributed by atoms with Gasteiger partial charge in [0.05, 0.1) is 11.5 Å². The molecule has 2 rings (SSSR count). The van der Waals surface area contributed by atoms with Crippen LogP contribution in [-0.2, 0) is 16.3 Å². The summed E-state index contributed by atoms with van der Waals surface area (Å²) in [6, 6.07) is 5.86. The molecule has 0 bridgehead atoms. The zero-order valence-corrected chi connectivity index (χ0v) is 13.9. The van der Waals surface area contributed by atoms with Gasteiger partial charge in [0.25, 0.3) is 0 Å². The Bertz CT molecular complexity index is 574. The van der Waals surface area contributed by atoms with Crippen molar-refractivity contribution in [2.75, 3.05) is 11.5 Å². The van der Waals surface area contributed by atoms with Crippen molar-refractivity contribution in [3.63, 3.8) is 0 Å². The first-order valence-electron chi connectivity index (χ1n) is 6.80. The van der Waals surface area contributed by atoms with Crippen molar-refractivity contribution in [3.8, 4) is 5.75 Å². The summed E-state index contributed by atoms with van der Waals surface area (Å²) in [6.07, 6.45) is 1.95. The minimum absolute atomic E-state index is 0.0824. The van der Waals surface area contributed by atoms with E-state index >= 15 is 0 Å². The van der Waals surface area contributed by atoms with E-state index in [2.05, 4.69) is 15.9 Å². The summed E-state index contributed by atoms with van der Waals surface area (Å²) >= 11 is 3.45. The fourth-order valence-corrected chi connectivity index (χ4v) is 4.28. The standard InChI is InChI=1S/C14H20BrNO3S/c1-2-12(16)8-10-7-11(15)3-4-14(10)19-13-5-6-20(17,18)9-13/h3-4,7,12-13H,2,5-6,8-9,16H2,1H3. The summed E-state index contributed by atoms with van der Waals surface area (Å²) in [5.74, 6) is 1.08. The van der Waals surface area contributed by atoms with Gasteiger partial charge in [0.15, 0.2) is 9.84 Å². The van der Waals surface area contributed by atoms with Crippen LogP contribution >= 0.6 is 15.9 Å². The van der Waals surface area contributed by atoms with E-state index in [1.807, 2.05) is 25.1 Å². The number of benzene rings is 1. The fourth-order valence-electron chi connectivity index (χ4n) is 2.28. The van der Waals surface area contributed by atoms with Crippen molar-refractivity contribution in [2.45, 2.75) is 38.3 Å². The van der Waals surface area contributed by atoms with E-state index in [0.29, 0.717) is 6.42 Å². The lowest BCUT2D eigenvalue weighted by molar-refractivity contribution is 0.226. The average molecular weight is 362 g/mol. The van der Waals surface area contributed by atoms with Crippen LogP contribution in [0.2, 0.25) is 0 Å². The quantitative estimate of drug-likeness (QED) is 0.873. The van der Waals surface area contributed by atoms with Crippen molar-refractivity contribution in [3.05, 3.63) is 28.2 Å². The lowest BCUT2D eigenvalue weighted by atomic mass is 10.0. The van der Waals surface area contributed by atoms with E-state index in [4.69, 9.17) is 10.5 Å². The molecule has 1 heterocycles. The maximum atomic E-state index is 11.5. The fraction of sp³-hybridized carbons (Fsp3) is 0.571. The molecule has 112 valence electrons. The molecule has 2 unspecified atom stereocenters. The highest BCUT2D eigenvalue weighted by Crippen LogP contribution is 2.27. The summed E-state index contributed by atoms with van der Waals surface area (Å²) in [5.41, 5.74) is 7.03. The lowest BCUT2D eigenvalue weighted by Gasteiger charge is -2.18. The zero-order valence-electron chi connectivity index (χ0n) is 11.5. The van der Waals surface area contributed by atoms with Gasteiger partial charge in [-0.05, 0) is 43.0 Å². The Balaban J connectivity index is 2.14. The number of hydrogen-bond acceptors (Lipinski definition) is 4. The molecule has 0 amide bonds. The Morgan fingerprint density at radius 2 is 2.25 bits per heavy atom. The summed E-state index contributed by atoms with van der Waals surface area (Å²) in [6.45, 7) is 2.05. The molecule has 1 aliphatic heterocycles. The predicted molar refractivity (Wildman–Crippen MR) is 83.8 cm³/mol. The third-order valence-electron chi connectivity index (χ3n) is 3.51. The predicted octanol–water partition coefficient (Wildman–Crippen LogP) is 2.29. The smallest absolute Gasteiger partial charge is 0.154 e. The van der Waals surface area contributed by atoms with E-state index in [1.54, 1.807) is 0 Å². The van der Waals surface area contributed by atoms with Gasteiger partial charge in [0.2, 0.25) is 0 Å². The Kier molecular flexibility index (Phi) is 5.09. The van der Waals surface area contributed by atoms with Gasteiger partial charge >= 0.3 is 0 Å². The highest BCUT2D eigenvalue weighted by atomic mass is 79.9. The van der Waals surface area contributed by atoms with E-state index in [-0.39, 0.29) is 23.7 Å². The average Bonchev–Trinajstić information content (AvgIpc) is 2.72. The molecular weight excluding hydrogens is 342 g/mol. The van der Waals surface area contributed by atoms with Crippen LogP contribution in [0.1, 0.15) is 25.3 Å². The molecule has 6 heteroatoms. The van der Waals surface area contributed by atoms with Crippen molar-refractivity contribution < 1.29 is 13.2 Å². The highest BCUT2D eigenvalue weighted by Gasteiger charge is 2.29. The summed E-state index contributed by atoms with van der Waals surface area (Å²) < 4.78 is 29.8. The van der Waals surface area contributed by atoms with Gasteiger partial charge in [-0.25, -0.2) is 8.42 Å². The van der Waals surface area contributed by atoms with Crippen molar-refractivity contribution in [1.82, 2.24) is 0 Å². The van der Waals surface area contributed by atoms with Crippen LogP contribution in [0.3, 0.4) is 0 Å². The first-order valence-corrected chi connectivity index (χ1v) is 9.42. The van der Waals surface area contributed by atoms with Crippen molar-refractivity contribution in [1.29, 1.82) is 0 Å². The number of hydrogen-bond donors (Lipinski definition) is 1. The summed E-state index contributed by atoms with van der Waals surface area (Å²) in [5, 5.41) is 0. The first kappa shape index (κ1) is 15.8. The lowest BCUT2D eigenvalue weighted by Crippen LogP contribution is -2.23. The SMILES string of the molecule is CCC(N)Cc1cc(Br)ccc1OC1CCS(=O)(=O)C1. The molecule has 0 radical (unpaired) electrons. The molecule has 4 nitrogen and oxygen atoms in total. The molecular formula is C14H20BrNO3S. The van der Waals surface area contributed by atoms with Gasteiger partial charge in [-0.15, -0.1) is 0 Å². The second kappa shape index (κ2) is 6.45. The van der Waals surface area contributed by atoms with Gasteiger partial charge in [-0.1, -0.05) is 22.9 Å². The number of rotatable bonds is 5. The maximum absolute atomic E-state index is 11.5. The topological polar surface area (TPSA) is 69.4 Å². The Morgan fingerprint density at radius 3 is 2.85 bits per heavy atom. The van der Waals surface area contributed by atoms with Crippen LogP contribution in [0, 0.1) is 0 Å². The normalized spacial score (nSPS) is 22.6. The molecule has 0 saturated carbocycles. The van der Waals surface area contributed by atoms with E-state index in [0.717, 1.165) is 28.6 Å². The van der Waals surface area contributed by atoms with Gasteiger partial charge in [-0.3, -0.25) is 0 Å². The summed E-state index contributed by atoms with van der Waals surface area (Å²) in [7, 11) is -2.92. The minimum atomic E-state index is -2.92. The van der Waals surface area contributed by atoms with Crippen LogP contribution in [0.25, 0.3) is 0 Å². The minimum Gasteiger partial charge on any atom is -0.489 e. The molecule has 1 saturated heterocycles. The molecule has 0 aliphatic carbocycles. The van der Waals surface area contributed by atoms with Crippen LogP contribution in [-0.4, -0.2) is 32.1 Å². The van der Waals surface area contributed by atoms with Gasteiger partial charge in [0.1, 0.15) is 11.9 Å². The highest BCUT2D eigenvalue weighted by molar-refractivity contribution is 9.10. The van der Waals surface area contributed by atoms with Crippen molar-refractivity contribution in [2.24, 2.45) is 5.73 Å². The largest absolute Gasteiger partial charge is 0.489 e. The van der Waals surface area contributed by atoms with E-state index in [1.165, 1.54) is 0 Å². The third-order valence-corrected chi connectivity index (χ3v) is 5.74.